The van der Waals surface area contributed by atoms with Crippen molar-refractivity contribution in [1.29, 1.82) is 0 Å². The standard InChI is InChI=1S/C18H16N2O2/c1-21-16-7-8-17-14(12-16)4-6-15(20-17)5-3-13-9-10-19-18(11-13)22-2/h3-12H,1-2H3/b5-3+. The van der Waals surface area contributed by atoms with Gasteiger partial charge in [0, 0.05) is 17.6 Å². The van der Waals surface area contributed by atoms with Crippen LogP contribution in [0, 0.1) is 0 Å². The van der Waals surface area contributed by atoms with Gasteiger partial charge < -0.3 is 9.47 Å². The lowest BCUT2D eigenvalue weighted by Gasteiger charge is -2.03. The average molecular weight is 292 g/mol. The van der Waals surface area contributed by atoms with Crippen LogP contribution in [0.25, 0.3) is 23.1 Å². The Morgan fingerprint density at radius 2 is 1.82 bits per heavy atom. The van der Waals surface area contributed by atoms with Crippen molar-refractivity contribution in [2.75, 3.05) is 14.2 Å². The Kier molecular flexibility index (Phi) is 4.01. The van der Waals surface area contributed by atoms with Gasteiger partial charge in [-0.3, -0.25) is 0 Å². The fourth-order valence-corrected chi connectivity index (χ4v) is 2.16. The van der Waals surface area contributed by atoms with Crippen molar-refractivity contribution >= 4 is 23.1 Å². The molecule has 4 nitrogen and oxygen atoms in total. The smallest absolute Gasteiger partial charge is 0.213 e. The minimum absolute atomic E-state index is 0.598. The van der Waals surface area contributed by atoms with Crippen LogP contribution in [0.15, 0.2) is 48.7 Å². The lowest BCUT2D eigenvalue weighted by molar-refractivity contribution is 0.398. The van der Waals surface area contributed by atoms with E-state index in [0.29, 0.717) is 5.88 Å². The van der Waals surface area contributed by atoms with Crippen LogP contribution in [0.3, 0.4) is 0 Å². The minimum Gasteiger partial charge on any atom is -0.497 e. The molecule has 3 aromatic rings. The number of pyridine rings is 2. The molecule has 22 heavy (non-hydrogen) atoms. The number of nitrogens with zero attached hydrogens (tertiary/aromatic N) is 2. The summed E-state index contributed by atoms with van der Waals surface area (Å²) in [7, 11) is 3.27. The molecule has 0 atom stereocenters. The van der Waals surface area contributed by atoms with E-state index in [1.54, 1.807) is 20.4 Å². The zero-order valence-electron chi connectivity index (χ0n) is 12.5. The zero-order valence-corrected chi connectivity index (χ0v) is 12.5. The van der Waals surface area contributed by atoms with Gasteiger partial charge in [-0.25, -0.2) is 9.97 Å². The van der Waals surface area contributed by atoms with Crippen LogP contribution in [0.4, 0.5) is 0 Å². The number of ether oxygens (including phenoxy) is 2. The topological polar surface area (TPSA) is 44.2 Å². The van der Waals surface area contributed by atoms with E-state index in [9.17, 15) is 0 Å². The quantitative estimate of drug-likeness (QED) is 0.733. The van der Waals surface area contributed by atoms with Crippen LogP contribution < -0.4 is 9.47 Å². The Labute approximate surface area is 129 Å². The highest BCUT2D eigenvalue weighted by molar-refractivity contribution is 5.82. The summed E-state index contributed by atoms with van der Waals surface area (Å²) in [5, 5.41) is 1.06. The molecular formula is C18H16N2O2. The van der Waals surface area contributed by atoms with Crippen LogP contribution in [0.2, 0.25) is 0 Å². The Hall–Kier alpha value is -2.88. The highest BCUT2D eigenvalue weighted by Gasteiger charge is 1.99. The molecule has 0 spiro atoms. The van der Waals surface area contributed by atoms with E-state index in [2.05, 4.69) is 9.97 Å². The Balaban J connectivity index is 1.88. The van der Waals surface area contributed by atoms with Crippen LogP contribution in [-0.2, 0) is 0 Å². The molecule has 2 heterocycles. The summed E-state index contributed by atoms with van der Waals surface area (Å²) in [4.78, 5) is 8.71. The van der Waals surface area contributed by atoms with Crippen LogP contribution in [-0.4, -0.2) is 24.2 Å². The third-order valence-electron chi connectivity index (χ3n) is 3.33. The second-order valence-electron chi connectivity index (χ2n) is 4.76. The molecule has 0 fully saturated rings. The van der Waals surface area contributed by atoms with Gasteiger partial charge in [0.2, 0.25) is 5.88 Å². The van der Waals surface area contributed by atoms with Crippen LogP contribution in [0.5, 0.6) is 11.6 Å². The SMILES string of the molecule is COc1ccc2nc(/C=C/c3ccnc(OC)c3)ccc2c1. The first kappa shape index (κ1) is 14.1. The number of hydrogen-bond donors (Lipinski definition) is 0. The van der Waals surface area contributed by atoms with E-state index in [-0.39, 0.29) is 0 Å². The van der Waals surface area contributed by atoms with Crippen molar-refractivity contribution in [2.45, 2.75) is 0 Å². The van der Waals surface area contributed by atoms with Gasteiger partial charge in [0.05, 0.1) is 25.4 Å². The molecule has 0 unspecified atom stereocenters. The van der Waals surface area contributed by atoms with Gasteiger partial charge >= 0.3 is 0 Å². The number of rotatable bonds is 4. The molecule has 3 rings (SSSR count). The monoisotopic (exact) mass is 292 g/mol. The lowest BCUT2D eigenvalue weighted by atomic mass is 10.1. The van der Waals surface area contributed by atoms with E-state index < -0.39 is 0 Å². The van der Waals surface area contributed by atoms with Gasteiger partial charge in [-0.1, -0.05) is 12.1 Å². The van der Waals surface area contributed by atoms with Crippen molar-refractivity contribution in [3.63, 3.8) is 0 Å². The molecule has 0 N–H and O–H groups in total. The maximum Gasteiger partial charge on any atom is 0.213 e. The van der Waals surface area contributed by atoms with E-state index in [0.717, 1.165) is 27.9 Å². The fraction of sp³-hybridized carbons (Fsp3) is 0.111. The molecule has 0 saturated carbocycles. The average Bonchev–Trinajstić information content (AvgIpc) is 2.59. The largest absolute Gasteiger partial charge is 0.497 e. The van der Waals surface area contributed by atoms with Gasteiger partial charge in [-0.05, 0) is 42.0 Å². The Morgan fingerprint density at radius 3 is 2.64 bits per heavy atom. The van der Waals surface area contributed by atoms with Crippen molar-refractivity contribution < 1.29 is 9.47 Å². The van der Waals surface area contributed by atoms with Crippen molar-refractivity contribution in [1.82, 2.24) is 9.97 Å². The maximum absolute atomic E-state index is 5.22. The van der Waals surface area contributed by atoms with E-state index in [4.69, 9.17) is 9.47 Å². The minimum atomic E-state index is 0.598. The predicted molar refractivity (Wildman–Crippen MR) is 88.0 cm³/mol. The second kappa shape index (κ2) is 6.26. The highest BCUT2D eigenvalue weighted by Crippen LogP contribution is 2.20. The molecule has 2 aromatic heterocycles. The number of methoxy groups -OCH3 is 2. The number of benzene rings is 1. The molecule has 0 aliphatic carbocycles. The summed E-state index contributed by atoms with van der Waals surface area (Å²) < 4.78 is 10.3. The van der Waals surface area contributed by atoms with Crippen LogP contribution in [0.1, 0.15) is 11.3 Å². The fourth-order valence-electron chi connectivity index (χ4n) is 2.16. The van der Waals surface area contributed by atoms with Gasteiger partial charge in [-0.2, -0.15) is 0 Å². The van der Waals surface area contributed by atoms with E-state index in [1.165, 1.54) is 0 Å². The lowest BCUT2D eigenvalue weighted by Crippen LogP contribution is -1.87. The predicted octanol–water partition coefficient (Wildman–Crippen LogP) is 3.82. The molecule has 0 bridgehead atoms. The maximum atomic E-state index is 5.22. The second-order valence-corrected chi connectivity index (χ2v) is 4.76. The first-order valence-corrected chi connectivity index (χ1v) is 6.91. The normalized spacial score (nSPS) is 11.0. The first-order chi connectivity index (χ1) is 10.8. The molecule has 0 saturated heterocycles. The summed E-state index contributed by atoms with van der Waals surface area (Å²) in [6.07, 6.45) is 5.68. The van der Waals surface area contributed by atoms with E-state index >= 15 is 0 Å². The van der Waals surface area contributed by atoms with Crippen molar-refractivity contribution in [2.24, 2.45) is 0 Å². The van der Waals surface area contributed by atoms with Crippen molar-refractivity contribution in [3.8, 4) is 11.6 Å². The number of aromatic nitrogens is 2. The molecule has 0 amide bonds. The Morgan fingerprint density at radius 1 is 0.909 bits per heavy atom. The summed E-state index contributed by atoms with van der Waals surface area (Å²) in [5.74, 6) is 1.43. The summed E-state index contributed by atoms with van der Waals surface area (Å²) in [6, 6.07) is 13.7. The summed E-state index contributed by atoms with van der Waals surface area (Å²) in [6.45, 7) is 0. The summed E-state index contributed by atoms with van der Waals surface area (Å²) >= 11 is 0. The molecule has 4 heteroatoms. The van der Waals surface area contributed by atoms with Gasteiger partial charge in [0.1, 0.15) is 5.75 Å². The zero-order chi connectivity index (χ0) is 15.4. The van der Waals surface area contributed by atoms with E-state index in [1.807, 2.05) is 54.6 Å². The molecular weight excluding hydrogens is 276 g/mol. The molecule has 0 aliphatic rings. The van der Waals surface area contributed by atoms with Gasteiger partial charge in [0.15, 0.2) is 0 Å². The van der Waals surface area contributed by atoms with Crippen molar-refractivity contribution in [3.05, 3.63) is 59.9 Å². The third kappa shape index (κ3) is 3.06. The number of fused-ring (bicyclic) bond motifs is 1. The van der Waals surface area contributed by atoms with Gasteiger partial charge in [-0.15, -0.1) is 0 Å². The molecule has 110 valence electrons. The van der Waals surface area contributed by atoms with Gasteiger partial charge in [0.25, 0.3) is 0 Å². The third-order valence-corrected chi connectivity index (χ3v) is 3.33. The molecule has 0 radical (unpaired) electrons. The summed E-state index contributed by atoms with van der Waals surface area (Å²) in [5.41, 5.74) is 2.85. The Bertz CT molecular complexity index is 828. The molecule has 0 aliphatic heterocycles. The van der Waals surface area contributed by atoms with Crippen LogP contribution >= 0.6 is 0 Å². The highest BCUT2D eigenvalue weighted by atomic mass is 16.5. The number of hydrogen-bond acceptors (Lipinski definition) is 4. The molecule has 1 aromatic carbocycles. The first-order valence-electron chi connectivity index (χ1n) is 6.91.